The molecule has 0 unspecified atom stereocenters. The lowest BCUT2D eigenvalue weighted by molar-refractivity contribution is 0.0606. The molecule has 0 saturated heterocycles. The van der Waals surface area contributed by atoms with Crippen molar-refractivity contribution in [3.63, 3.8) is 0 Å². The molecule has 0 spiro atoms. The molecule has 1 aliphatic rings. The van der Waals surface area contributed by atoms with E-state index in [0.717, 1.165) is 11.3 Å². The summed E-state index contributed by atoms with van der Waals surface area (Å²) in [6.07, 6.45) is 0. The highest BCUT2D eigenvalue weighted by Crippen LogP contribution is 2.44. The molecule has 1 aromatic carbocycles. The molecule has 20 heavy (non-hydrogen) atoms. The van der Waals surface area contributed by atoms with Gasteiger partial charge in [0.15, 0.2) is 0 Å². The third-order valence-electron chi connectivity index (χ3n) is 2.65. The molecule has 2 aromatic rings. The quantitative estimate of drug-likeness (QED) is 0.718. The van der Waals surface area contributed by atoms with Crippen LogP contribution >= 0.6 is 34.5 Å². The number of esters is 1. The number of hydrogen-bond acceptors (Lipinski definition) is 5. The van der Waals surface area contributed by atoms with Crippen molar-refractivity contribution < 1.29 is 14.3 Å². The van der Waals surface area contributed by atoms with Gasteiger partial charge in [-0.1, -0.05) is 34.5 Å². The molecule has 2 heterocycles. The molecular weight excluding hydrogens is 321 g/mol. The van der Waals surface area contributed by atoms with E-state index in [1.54, 1.807) is 24.3 Å². The zero-order chi connectivity index (χ0) is 14.3. The lowest BCUT2D eigenvalue weighted by atomic mass is 10.2. The maximum atomic E-state index is 11.5. The molecule has 0 amide bonds. The smallest absolute Gasteiger partial charge is 0.348 e. The summed E-state index contributed by atoms with van der Waals surface area (Å²) in [5.74, 6) is 0.106. The van der Waals surface area contributed by atoms with Gasteiger partial charge in [-0.25, -0.2) is 9.79 Å². The first-order valence-corrected chi connectivity index (χ1v) is 7.10. The van der Waals surface area contributed by atoms with E-state index < -0.39 is 5.97 Å². The zero-order valence-corrected chi connectivity index (χ0v) is 12.5. The number of fused-ring (bicyclic) bond motifs is 2. The van der Waals surface area contributed by atoms with Gasteiger partial charge in [0.1, 0.15) is 21.5 Å². The van der Waals surface area contributed by atoms with Crippen LogP contribution in [0.2, 0.25) is 5.02 Å². The van der Waals surface area contributed by atoms with Gasteiger partial charge in [-0.3, -0.25) is 0 Å². The summed E-state index contributed by atoms with van der Waals surface area (Å²) in [4.78, 5) is 16.2. The van der Waals surface area contributed by atoms with E-state index in [2.05, 4.69) is 9.73 Å². The van der Waals surface area contributed by atoms with Gasteiger partial charge >= 0.3 is 5.97 Å². The Bertz CT molecular complexity index is 739. The van der Waals surface area contributed by atoms with Crippen molar-refractivity contribution >= 4 is 51.4 Å². The second-order valence-corrected chi connectivity index (χ2v) is 5.73. The van der Waals surface area contributed by atoms with Crippen molar-refractivity contribution in [2.75, 3.05) is 7.11 Å². The highest BCUT2D eigenvalue weighted by Gasteiger charge is 2.22. The molecule has 0 aliphatic carbocycles. The monoisotopic (exact) mass is 327 g/mol. The molecular formula is C13H7Cl2NO3S. The number of rotatable bonds is 1. The Morgan fingerprint density at radius 2 is 2.15 bits per heavy atom. The fraction of sp³-hybridized carbons (Fsp3) is 0.0769. The summed E-state index contributed by atoms with van der Waals surface area (Å²) in [7, 11) is 1.32. The lowest BCUT2D eigenvalue weighted by Gasteiger charge is -2.06. The first-order chi connectivity index (χ1) is 9.58. The standard InChI is InChI=1S/C13H7Cl2NO3S/c1-18-12(17)10-5-8-13(20-10)19-9-3-2-6(14)4-7(9)11(15)16-8/h2-5H,1H3. The number of carbonyl (C=O) groups excluding carboxylic acids is 1. The number of halogens is 2. The number of benzene rings is 1. The van der Waals surface area contributed by atoms with E-state index >= 15 is 0 Å². The summed E-state index contributed by atoms with van der Waals surface area (Å²) in [6.45, 7) is 0. The molecule has 0 fully saturated rings. The number of ether oxygens (including phenoxy) is 2. The predicted molar refractivity (Wildman–Crippen MR) is 79.2 cm³/mol. The highest BCUT2D eigenvalue weighted by molar-refractivity contribution is 7.16. The van der Waals surface area contributed by atoms with Gasteiger partial charge in [-0.2, -0.15) is 0 Å². The fourth-order valence-electron chi connectivity index (χ4n) is 1.74. The van der Waals surface area contributed by atoms with E-state index in [1.807, 2.05) is 0 Å². The molecule has 0 bridgehead atoms. The molecule has 0 atom stereocenters. The Morgan fingerprint density at radius 3 is 2.90 bits per heavy atom. The minimum atomic E-state index is -0.436. The lowest BCUT2D eigenvalue weighted by Crippen LogP contribution is -1.97. The van der Waals surface area contributed by atoms with Crippen LogP contribution in [0.5, 0.6) is 10.8 Å². The minimum Gasteiger partial charge on any atom is -0.465 e. The van der Waals surface area contributed by atoms with Crippen LogP contribution in [0.15, 0.2) is 29.3 Å². The van der Waals surface area contributed by atoms with Crippen molar-refractivity contribution in [1.29, 1.82) is 0 Å². The van der Waals surface area contributed by atoms with Crippen LogP contribution in [0, 0.1) is 0 Å². The number of hydrogen-bond donors (Lipinski definition) is 0. The SMILES string of the molecule is COC(=O)c1cc2c(s1)Oc1ccc(Cl)cc1C(Cl)=N2. The minimum absolute atomic E-state index is 0.260. The zero-order valence-electron chi connectivity index (χ0n) is 10.1. The summed E-state index contributed by atoms with van der Waals surface area (Å²) >= 11 is 13.3. The van der Waals surface area contributed by atoms with E-state index in [-0.39, 0.29) is 5.17 Å². The van der Waals surface area contributed by atoms with E-state index in [9.17, 15) is 4.79 Å². The van der Waals surface area contributed by atoms with Crippen molar-refractivity contribution in [1.82, 2.24) is 0 Å². The maximum absolute atomic E-state index is 11.5. The largest absolute Gasteiger partial charge is 0.465 e. The Balaban J connectivity index is 2.12. The summed E-state index contributed by atoms with van der Waals surface area (Å²) in [5, 5.41) is 1.29. The number of aliphatic imine (C=N–C) groups is 1. The molecule has 1 aromatic heterocycles. The second-order valence-electron chi connectivity index (χ2n) is 3.92. The third-order valence-corrected chi connectivity index (χ3v) is 4.16. The van der Waals surface area contributed by atoms with Crippen LogP contribution in [0.25, 0.3) is 0 Å². The third kappa shape index (κ3) is 2.28. The number of thiophene rings is 1. The van der Waals surface area contributed by atoms with Gasteiger partial charge in [0.2, 0.25) is 5.06 Å². The first-order valence-electron chi connectivity index (χ1n) is 5.52. The average Bonchev–Trinajstić information content (AvgIpc) is 2.77. The van der Waals surface area contributed by atoms with Crippen LogP contribution < -0.4 is 4.74 Å². The van der Waals surface area contributed by atoms with Crippen molar-refractivity contribution in [3.05, 3.63) is 39.7 Å². The predicted octanol–water partition coefficient (Wildman–Crippen LogP) is 4.61. The van der Waals surface area contributed by atoms with Gasteiger partial charge in [-0.15, -0.1) is 0 Å². The van der Waals surface area contributed by atoms with Gasteiger partial charge in [0.25, 0.3) is 0 Å². The van der Waals surface area contributed by atoms with Crippen LogP contribution in [-0.4, -0.2) is 18.2 Å². The normalized spacial score (nSPS) is 12.7. The average molecular weight is 328 g/mol. The Hall–Kier alpha value is -1.56. The molecule has 3 rings (SSSR count). The highest BCUT2D eigenvalue weighted by atomic mass is 35.5. The fourth-order valence-corrected chi connectivity index (χ4v) is 3.02. The first kappa shape index (κ1) is 13.4. The van der Waals surface area contributed by atoms with Crippen molar-refractivity contribution in [2.45, 2.75) is 0 Å². The van der Waals surface area contributed by atoms with Gasteiger partial charge < -0.3 is 9.47 Å². The summed E-state index contributed by atoms with van der Waals surface area (Å²) in [6, 6.07) is 6.68. The molecule has 1 aliphatic heterocycles. The maximum Gasteiger partial charge on any atom is 0.348 e. The van der Waals surface area contributed by atoms with Crippen molar-refractivity contribution in [3.8, 4) is 10.8 Å². The Kier molecular flexibility index (Phi) is 3.41. The molecule has 0 saturated carbocycles. The molecule has 0 radical (unpaired) electrons. The topological polar surface area (TPSA) is 47.9 Å². The van der Waals surface area contributed by atoms with E-state index in [0.29, 0.717) is 32.0 Å². The molecule has 7 heteroatoms. The Labute approximate surface area is 128 Å². The van der Waals surface area contributed by atoms with Crippen molar-refractivity contribution in [2.24, 2.45) is 4.99 Å². The Morgan fingerprint density at radius 1 is 1.35 bits per heavy atom. The van der Waals surface area contributed by atoms with Gasteiger partial charge in [-0.05, 0) is 24.3 Å². The van der Waals surface area contributed by atoms with Crippen LogP contribution in [0.4, 0.5) is 5.69 Å². The molecule has 102 valence electrons. The van der Waals surface area contributed by atoms with Crippen LogP contribution in [0.3, 0.4) is 0 Å². The molecule has 0 N–H and O–H groups in total. The number of carbonyl (C=O) groups is 1. The summed E-state index contributed by atoms with van der Waals surface area (Å²) in [5.41, 5.74) is 1.11. The number of nitrogens with zero attached hydrogens (tertiary/aromatic N) is 1. The molecule has 4 nitrogen and oxygen atoms in total. The van der Waals surface area contributed by atoms with Crippen LogP contribution in [-0.2, 0) is 4.74 Å². The van der Waals surface area contributed by atoms with Gasteiger partial charge in [0.05, 0.1) is 12.7 Å². The second kappa shape index (κ2) is 5.09. The van der Waals surface area contributed by atoms with E-state index in [4.69, 9.17) is 27.9 Å². The van der Waals surface area contributed by atoms with Crippen LogP contribution in [0.1, 0.15) is 15.2 Å². The van der Waals surface area contributed by atoms with E-state index in [1.165, 1.54) is 7.11 Å². The number of methoxy groups -OCH3 is 1. The van der Waals surface area contributed by atoms with Gasteiger partial charge in [0, 0.05) is 5.02 Å². The summed E-state index contributed by atoms with van der Waals surface area (Å²) < 4.78 is 10.4.